The van der Waals surface area contributed by atoms with Crippen LogP contribution in [0.4, 0.5) is 5.69 Å². The molecule has 108 valence electrons. The zero-order valence-electron chi connectivity index (χ0n) is 12.3. The second-order valence-corrected chi connectivity index (χ2v) is 7.43. The average Bonchev–Trinajstić information content (AvgIpc) is 2.41. The molecule has 0 atom stereocenters. The molecule has 0 spiro atoms. The zero-order chi connectivity index (χ0) is 13.7. The summed E-state index contributed by atoms with van der Waals surface area (Å²) in [5, 5.41) is 0. The zero-order valence-corrected chi connectivity index (χ0v) is 12.3. The summed E-state index contributed by atoms with van der Waals surface area (Å²) in [6.45, 7) is 3.00. The van der Waals surface area contributed by atoms with Gasteiger partial charge in [-0.3, -0.25) is 0 Å². The lowest BCUT2D eigenvalue weighted by molar-refractivity contribution is -0.0529. The Balaban J connectivity index is 1.46. The lowest BCUT2D eigenvalue weighted by Crippen LogP contribution is -2.47. The van der Waals surface area contributed by atoms with Crippen LogP contribution in [0.1, 0.15) is 37.7 Å². The standard InChI is InChI=1S/C18H25NO/c1-11-2-3-16(19)9-18(11)20-10-17-14-5-12-4-13(7-14)8-15(17)6-12/h2-3,9,12-15,17H,4-8,10,19H2,1H3. The summed E-state index contributed by atoms with van der Waals surface area (Å²) in [6, 6.07) is 5.98. The van der Waals surface area contributed by atoms with E-state index >= 15 is 0 Å². The quantitative estimate of drug-likeness (QED) is 0.842. The van der Waals surface area contributed by atoms with Gasteiger partial charge in [0.2, 0.25) is 0 Å². The van der Waals surface area contributed by atoms with Crippen molar-refractivity contribution >= 4 is 5.69 Å². The van der Waals surface area contributed by atoms with E-state index in [4.69, 9.17) is 10.5 Å². The van der Waals surface area contributed by atoms with Gasteiger partial charge in [0, 0.05) is 11.8 Å². The van der Waals surface area contributed by atoms with Crippen molar-refractivity contribution in [2.24, 2.45) is 29.6 Å². The molecule has 4 aliphatic carbocycles. The fourth-order valence-corrected chi connectivity index (χ4v) is 5.27. The van der Waals surface area contributed by atoms with Crippen molar-refractivity contribution < 1.29 is 4.74 Å². The van der Waals surface area contributed by atoms with Gasteiger partial charge in [-0.2, -0.15) is 0 Å². The van der Waals surface area contributed by atoms with Gasteiger partial charge in [0.15, 0.2) is 0 Å². The molecule has 2 N–H and O–H groups in total. The Kier molecular flexibility index (Phi) is 2.94. The highest BCUT2D eigenvalue weighted by Crippen LogP contribution is 2.56. The Morgan fingerprint density at radius 2 is 1.70 bits per heavy atom. The van der Waals surface area contributed by atoms with Gasteiger partial charge in [0.05, 0.1) is 6.61 Å². The summed E-state index contributed by atoms with van der Waals surface area (Å²) in [5.74, 6) is 5.74. The third kappa shape index (κ3) is 2.10. The second kappa shape index (κ2) is 4.68. The molecular weight excluding hydrogens is 246 g/mol. The third-order valence-corrected chi connectivity index (χ3v) is 6.07. The van der Waals surface area contributed by atoms with Crippen molar-refractivity contribution in [1.82, 2.24) is 0 Å². The number of anilines is 1. The molecule has 4 aliphatic rings. The van der Waals surface area contributed by atoms with Crippen LogP contribution in [0.3, 0.4) is 0 Å². The molecule has 5 rings (SSSR count). The van der Waals surface area contributed by atoms with Crippen molar-refractivity contribution in [2.45, 2.75) is 39.0 Å². The molecule has 2 nitrogen and oxygen atoms in total. The van der Waals surface area contributed by atoms with Crippen molar-refractivity contribution in [1.29, 1.82) is 0 Å². The van der Waals surface area contributed by atoms with Gasteiger partial charge in [0.1, 0.15) is 5.75 Å². The monoisotopic (exact) mass is 271 g/mol. The first kappa shape index (κ1) is 12.6. The lowest BCUT2D eigenvalue weighted by atomic mass is 9.52. The van der Waals surface area contributed by atoms with Gasteiger partial charge in [-0.25, -0.2) is 0 Å². The largest absolute Gasteiger partial charge is 0.493 e. The number of hydrogen-bond acceptors (Lipinski definition) is 2. The van der Waals surface area contributed by atoms with Crippen LogP contribution in [0.25, 0.3) is 0 Å². The van der Waals surface area contributed by atoms with Crippen LogP contribution in [0.15, 0.2) is 18.2 Å². The summed E-state index contributed by atoms with van der Waals surface area (Å²) in [5.41, 5.74) is 7.87. The summed E-state index contributed by atoms with van der Waals surface area (Å²) < 4.78 is 6.16. The molecule has 2 heteroatoms. The molecule has 0 aliphatic heterocycles. The van der Waals surface area contributed by atoms with Gasteiger partial charge >= 0.3 is 0 Å². The van der Waals surface area contributed by atoms with E-state index in [1.165, 1.54) is 37.7 Å². The molecule has 4 bridgehead atoms. The Labute approximate surface area is 121 Å². The molecule has 0 radical (unpaired) electrons. The molecular formula is C18H25NO. The van der Waals surface area contributed by atoms with Gasteiger partial charge in [-0.1, -0.05) is 6.07 Å². The maximum atomic E-state index is 6.16. The molecule has 4 fully saturated rings. The van der Waals surface area contributed by atoms with E-state index < -0.39 is 0 Å². The minimum absolute atomic E-state index is 0.795. The first-order chi connectivity index (χ1) is 9.69. The van der Waals surface area contributed by atoms with Crippen LogP contribution in [0.2, 0.25) is 0 Å². The number of hydrogen-bond donors (Lipinski definition) is 1. The van der Waals surface area contributed by atoms with Gasteiger partial charge in [0.25, 0.3) is 0 Å². The molecule has 0 heterocycles. The van der Waals surface area contributed by atoms with Crippen LogP contribution < -0.4 is 10.5 Å². The molecule has 0 saturated heterocycles. The summed E-state index contributed by atoms with van der Waals surface area (Å²) in [4.78, 5) is 0. The molecule has 4 saturated carbocycles. The van der Waals surface area contributed by atoms with Gasteiger partial charge in [-0.05, 0) is 80.2 Å². The highest BCUT2D eigenvalue weighted by molar-refractivity contribution is 5.47. The van der Waals surface area contributed by atoms with Crippen molar-refractivity contribution in [3.05, 3.63) is 23.8 Å². The van der Waals surface area contributed by atoms with E-state index in [9.17, 15) is 0 Å². The van der Waals surface area contributed by atoms with Crippen LogP contribution in [0, 0.1) is 36.5 Å². The third-order valence-electron chi connectivity index (χ3n) is 6.07. The number of nitrogen functional groups attached to an aromatic ring is 1. The van der Waals surface area contributed by atoms with Crippen LogP contribution in [-0.4, -0.2) is 6.61 Å². The molecule has 1 aromatic rings. The molecule has 0 aromatic heterocycles. The number of benzene rings is 1. The van der Waals surface area contributed by atoms with E-state index in [1.54, 1.807) is 0 Å². The lowest BCUT2D eigenvalue weighted by Gasteiger charge is -2.54. The Morgan fingerprint density at radius 3 is 2.35 bits per heavy atom. The van der Waals surface area contributed by atoms with Crippen LogP contribution in [0.5, 0.6) is 5.75 Å². The van der Waals surface area contributed by atoms with Crippen molar-refractivity contribution in [2.75, 3.05) is 12.3 Å². The number of rotatable bonds is 3. The van der Waals surface area contributed by atoms with Crippen molar-refractivity contribution in [3.63, 3.8) is 0 Å². The smallest absolute Gasteiger partial charge is 0.124 e. The SMILES string of the molecule is Cc1ccc(N)cc1OCC1C2CC3CC(C2)CC1C3. The molecule has 20 heavy (non-hydrogen) atoms. The van der Waals surface area contributed by atoms with E-state index in [1.807, 2.05) is 12.1 Å². The molecule has 0 amide bonds. The normalized spacial score (nSPS) is 38.1. The number of nitrogens with two attached hydrogens (primary N) is 1. The Morgan fingerprint density at radius 1 is 1.05 bits per heavy atom. The second-order valence-electron chi connectivity index (χ2n) is 7.43. The highest BCUT2D eigenvalue weighted by Gasteiger charge is 2.48. The van der Waals surface area contributed by atoms with Crippen LogP contribution in [-0.2, 0) is 0 Å². The predicted molar refractivity (Wildman–Crippen MR) is 81.6 cm³/mol. The minimum Gasteiger partial charge on any atom is -0.493 e. The summed E-state index contributed by atoms with van der Waals surface area (Å²) in [7, 11) is 0. The van der Waals surface area contributed by atoms with Crippen LogP contribution >= 0.6 is 0 Å². The molecule has 0 unspecified atom stereocenters. The number of aryl methyl sites for hydroxylation is 1. The predicted octanol–water partition coefficient (Wildman–Crippen LogP) is 4.03. The number of ether oxygens (including phenoxy) is 1. The fraction of sp³-hybridized carbons (Fsp3) is 0.667. The highest BCUT2D eigenvalue weighted by atomic mass is 16.5. The Bertz CT molecular complexity index is 482. The van der Waals surface area contributed by atoms with Crippen molar-refractivity contribution in [3.8, 4) is 5.75 Å². The minimum atomic E-state index is 0.795. The maximum absolute atomic E-state index is 6.16. The topological polar surface area (TPSA) is 35.2 Å². The first-order valence-corrected chi connectivity index (χ1v) is 8.18. The summed E-state index contributed by atoms with van der Waals surface area (Å²) >= 11 is 0. The van der Waals surface area contributed by atoms with E-state index in [0.29, 0.717) is 0 Å². The Hall–Kier alpha value is -1.18. The fourth-order valence-electron chi connectivity index (χ4n) is 5.27. The van der Waals surface area contributed by atoms with E-state index in [2.05, 4.69) is 13.0 Å². The first-order valence-electron chi connectivity index (χ1n) is 8.18. The molecule has 1 aromatic carbocycles. The average molecular weight is 271 g/mol. The summed E-state index contributed by atoms with van der Waals surface area (Å²) in [6.07, 6.45) is 7.40. The van der Waals surface area contributed by atoms with Gasteiger partial charge < -0.3 is 10.5 Å². The maximum Gasteiger partial charge on any atom is 0.124 e. The van der Waals surface area contributed by atoms with E-state index in [-0.39, 0.29) is 0 Å². The van der Waals surface area contributed by atoms with E-state index in [0.717, 1.165) is 47.6 Å². The van der Waals surface area contributed by atoms with Gasteiger partial charge in [-0.15, -0.1) is 0 Å².